The highest BCUT2D eigenvalue weighted by molar-refractivity contribution is 5.90. The molecular weight excluding hydrogens is 460 g/mol. The summed E-state index contributed by atoms with van der Waals surface area (Å²) in [6, 6.07) is 16.9. The van der Waals surface area contributed by atoms with E-state index in [9.17, 15) is 14.7 Å². The van der Waals surface area contributed by atoms with E-state index in [2.05, 4.69) is 5.32 Å². The van der Waals surface area contributed by atoms with Crippen LogP contribution in [0.4, 0.5) is 0 Å². The molecule has 0 spiro atoms. The Morgan fingerprint density at radius 2 is 1.50 bits per heavy atom. The molecule has 194 valence electrons. The van der Waals surface area contributed by atoms with E-state index in [4.69, 9.17) is 14.2 Å². The molecule has 8 nitrogen and oxygen atoms in total. The molecule has 2 heterocycles. The van der Waals surface area contributed by atoms with Crippen molar-refractivity contribution in [3.63, 3.8) is 0 Å². The van der Waals surface area contributed by atoms with Crippen LogP contribution in [0.5, 0.6) is 0 Å². The zero-order chi connectivity index (χ0) is 26.1. The Morgan fingerprint density at radius 1 is 0.944 bits per heavy atom. The minimum atomic E-state index is -0.982. The Kier molecular flexibility index (Phi) is 7.52. The molecule has 2 aromatic carbocycles. The van der Waals surface area contributed by atoms with Crippen molar-refractivity contribution in [3.05, 3.63) is 71.8 Å². The molecule has 8 heteroatoms. The molecule has 0 aromatic heterocycles. The van der Waals surface area contributed by atoms with Crippen LogP contribution in [-0.2, 0) is 25.5 Å². The topological polar surface area (TPSA) is 97.3 Å². The number of benzene rings is 2. The monoisotopic (exact) mass is 496 g/mol. The molecule has 2 saturated heterocycles. The Balaban J connectivity index is 1.80. The predicted molar refractivity (Wildman–Crippen MR) is 134 cm³/mol. The molecule has 5 atom stereocenters. The molecule has 2 aromatic rings. The van der Waals surface area contributed by atoms with Crippen LogP contribution in [0, 0.1) is 0 Å². The van der Waals surface area contributed by atoms with Crippen LogP contribution in [0.3, 0.4) is 0 Å². The smallest absolute Gasteiger partial charge is 0.338 e. The van der Waals surface area contributed by atoms with Gasteiger partial charge < -0.3 is 24.6 Å². The number of carbonyl (C=O) groups excluding carboxylic acids is 2. The molecule has 1 amide bonds. The van der Waals surface area contributed by atoms with Crippen molar-refractivity contribution in [2.45, 2.75) is 75.8 Å². The van der Waals surface area contributed by atoms with Gasteiger partial charge in [-0.2, -0.15) is 0 Å². The second-order valence-electron chi connectivity index (χ2n) is 10.4. The number of fused-ring (bicyclic) bond motifs is 1. The summed E-state index contributed by atoms with van der Waals surface area (Å²) in [4.78, 5) is 28.5. The maximum absolute atomic E-state index is 13.4. The fourth-order valence-corrected chi connectivity index (χ4v) is 4.98. The largest absolute Gasteiger partial charge is 0.454 e. The summed E-state index contributed by atoms with van der Waals surface area (Å²) in [6.45, 7) is 7.79. The number of piperidine rings is 1. The third-order valence-corrected chi connectivity index (χ3v) is 7.60. The quantitative estimate of drug-likeness (QED) is 0.593. The summed E-state index contributed by atoms with van der Waals surface area (Å²) >= 11 is 0. The summed E-state index contributed by atoms with van der Waals surface area (Å²) in [5.74, 6) is -0.887. The van der Waals surface area contributed by atoms with Crippen LogP contribution >= 0.6 is 0 Å². The average Bonchev–Trinajstić information content (AvgIpc) is 2.86. The molecule has 2 aliphatic heterocycles. The number of likely N-dealkylation sites (N-methyl/N-ethyl adjacent to an activating group) is 1. The minimum Gasteiger partial charge on any atom is -0.454 e. The van der Waals surface area contributed by atoms with Crippen molar-refractivity contribution in [2.75, 3.05) is 13.7 Å². The van der Waals surface area contributed by atoms with Crippen molar-refractivity contribution in [3.8, 4) is 0 Å². The lowest BCUT2D eigenvalue weighted by atomic mass is 9.80. The van der Waals surface area contributed by atoms with E-state index in [1.54, 1.807) is 31.3 Å². The molecule has 4 rings (SSSR count). The Hall–Kier alpha value is -2.78. The summed E-state index contributed by atoms with van der Waals surface area (Å²) in [6.07, 6.45) is -2.40. The molecule has 0 unspecified atom stereocenters. The zero-order valence-corrected chi connectivity index (χ0v) is 21.5. The lowest BCUT2D eigenvalue weighted by Crippen LogP contribution is -2.76. The highest BCUT2D eigenvalue weighted by atomic mass is 16.6. The molecule has 0 radical (unpaired) electrons. The van der Waals surface area contributed by atoms with Crippen LogP contribution < -0.4 is 5.32 Å². The molecule has 0 saturated carbocycles. The van der Waals surface area contributed by atoms with E-state index in [1.807, 2.05) is 69.0 Å². The van der Waals surface area contributed by atoms with Crippen molar-refractivity contribution in [1.82, 2.24) is 10.2 Å². The van der Waals surface area contributed by atoms with E-state index >= 15 is 0 Å². The SMILES string of the molecule is CNC(=O)[C@@H]1[C@@H](OC(=O)c2ccccc2)[C@H]2OC(C)(C)C(C)(C)O[C@@H]2[C@@H](CO)N1Cc1ccccc1. The number of carbonyl (C=O) groups is 2. The maximum Gasteiger partial charge on any atom is 0.338 e. The first kappa shape index (κ1) is 26.3. The highest BCUT2D eigenvalue weighted by Crippen LogP contribution is 2.44. The van der Waals surface area contributed by atoms with E-state index in [-0.39, 0.29) is 12.5 Å². The van der Waals surface area contributed by atoms with Gasteiger partial charge in [0, 0.05) is 13.6 Å². The average molecular weight is 497 g/mol. The number of amides is 1. The zero-order valence-electron chi connectivity index (χ0n) is 21.5. The maximum atomic E-state index is 13.4. The molecule has 0 aliphatic carbocycles. The van der Waals surface area contributed by atoms with Crippen molar-refractivity contribution < 1.29 is 28.9 Å². The van der Waals surface area contributed by atoms with E-state index in [0.29, 0.717) is 12.1 Å². The number of hydrogen-bond acceptors (Lipinski definition) is 7. The van der Waals surface area contributed by atoms with Gasteiger partial charge >= 0.3 is 5.97 Å². The van der Waals surface area contributed by atoms with Gasteiger partial charge in [0.15, 0.2) is 6.10 Å². The fraction of sp³-hybridized carbons (Fsp3) is 0.500. The fourth-order valence-electron chi connectivity index (χ4n) is 4.98. The minimum absolute atomic E-state index is 0.263. The third kappa shape index (κ3) is 4.91. The molecule has 36 heavy (non-hydrogen) atoms. The highest BCUT2D eigenvalue weighted by Gasteiger charge is 2.61. The van der Waals surface area contributed by atoms with Gasteiger partial charge in [-0.05, 0) is 45.4 Å². The van der Waals surface area contributed by atoms with Crippen molar-refractivity contribution in [2.24, 2.45) is 0 Å². The van der Waals surface area contributed by atoms with Crippen molar-refractivity contribution >= 4 is 11.9 Å². The predicted octanol–water partition coefficient (Wildman–Crippen LogP) is 2.54. The number of hydrogen-bond donors (Lipinski definition) is 2. The summed E-state index contributed by atoms with van der Waals surface area (Å²) in [5, 5.41) is 13.3. The number of aliphatic hydroxyl groups excluding tert-OH is 1. The van der Waals surface area contributed by atoms with Crippen LogP contribution in [0.15, 0.2) is 60.7 Å². The first-order valence-electron chi connectivity index (χ1n) is 12.3. The number of ether oxygens (including phenoxy) is 3. The molecular formula is C28H36N2O6. The van der Waals surface area contributed by atoms with Gasteiger partial charge in [0.25, 0.3) is 0 Å². The lowest BCUT2D eigenvalue weighted by molar-refractivity contribution is -0.338. The molecule has 2 aliphatic rings. The van der Waals surface area contributed by atoms with Gasteiger partial charge in [0.05, 0.1) is 29.4 Å². The Labute approximate surface area is 212 Å². The number of rotatable bonds is 6. The van der Waals surface area contributed by atoms with Gasteiger partial charge in [-0.1, -0.05) is 48.5 Å². The molecule has 2 fully saturated rings. The number of aliphatic hydroxyl groups is 1. The van der Waals surface area contributed by atoms with E-state index in [1.165, 1.54) is 0 Å². The normalized spacial score (nSPS) is 29.1. The van der Waals surface area contributed by atoms with E-state index < -0.39 is 47.6 Å². The van der Waals surface area contributed by atoms with Gasteiger partial charge in [-0.3, -0.25) is 9.69 Å². The standard InChI is InChI=1S/C28H36N2O6/c1-27(2)28(3,4)36-24-22(35-27)20(17-31)30(16-18-12-8-6-9-13-18)21(25(32)29-5)23(24)34-26(33)19-14-10-7-11-15-19/h6-15,20-24,31H,16-17H2,1-5H3,(H,29,32)/t20-,21+,22-,23-,24+/m1/s1. The van der Waals surface area contributed by atoms with Crippen LogP contribution in [0.1, 0.15) is 43.6 Å². The second-order valence-corrected chi connectivity index (χ2v) is 10.4. The number of nitrogens with one attached hydrogen (secondary N) is 1. The summed E-state index contributed by atoms with van der Waals surface area (Å²) in [7, 11) is 1.55. The van der Waals surface area contributed by atoms with Gasteiger partial charge in [-0.25, -0.2) is 4.79 Å². The number of nitrogens with zero attached hydrogens (tertiary/aromatic N) is 1. The molecule has 0 bridgehead atoms. The summed E-state index contributed by atoms with van der Waals surface area (Å²) in [5.41, 5.74) is -0.124. The summed E-state index contributed by atoms with van der Waals surface area (Å²) < 4.78 is 19.2. The number of likely N-dealkylation sites (tertiary alicyclic amines) is 1. The Morgan fingerprint density at radius 3 is 2.06 bits per heavy atom. The van der Waals surface area contributed by atoms with Gasteiger partial charge in [0.1, 0.15) is 18.2 Å². The first-order chi connectivity index (χ1) is 17.1. The van der Waals surface area contributed by atoms with Crippen LogP contribution in [0.2, 0.25) is 0 Å². The van der Waals surface area contributed by atoms with E-state index in [0.717, 1.165) is 5.56 Å². The molecule has 2 N–H and O–H groups in total. The number of esters is 1. The first-order valence-corrected chi connectivity index (χ1v) is 12.3. The van der Waals surface area contributed by atoms with Gasteiger partial charge in [-0.15, -0.1) is 0 Å². The van der Waals surface area contributed by atoms with Crippen molar-refractivity contribution in [1.29, 1.82) is 0 Å². The third-order valence-electron chi connectivity index (χ3n) is 7.60. The van der Waals surface area contributed by atoms with Crippen LogP contribution in [-0.4, -0.2) is 77.1 Å². The second kappa shape index (κ2) is 10.3. The van der Waals surface area contributed by atoms with Crippen LogP contribution in [0.25, 0.3) is 0 Å². The lowest BCUT2D eigenvalue weighted by Gasteiger charge is -2.59. The Bertz CT molecular complexity index is 1060. The van der Waals surface area contributed by atoms with Gasteiger partial charge in [0.2, 0.25) is 5.91 Å².